The number of ether oxygens (including phenoxy) is 1. The molecule has 0 saturated heterocycles. The summed E-state index contributed by atoms with van der Waals surface area (Å²) in [6, 6.07) is 14.0. The molecule has 0 fully saturated rings. The van der Waals surface area contributed by atoms with E-state index in [1.807, 2.05) is 35.3 Å². The molecule has 124 valence electrons. The lowest BCUT2D eigenvalue weighted by molar-refractivity contribution is -0.384. The van der Waals surface area contributed by atoms with Crippen molar-refractivity contribution in [2.24, 2.45) is 10.8 Å². The highest BCUT2D eigenvalue weighted by molar-refractivity contribution is 5.90. The molecule has 0 aliphatic carbocycles. The molecule has 7 heteroatoms. The molecule has 1 heterocycles. The van der Waals surface area contributed by atoms with Gasteiger partial charge in [-0.3, -0.25) is 15.1 Å². The zero-order valence-corrected chi connectivity index (χ0v) is 13.3. The molecule has 1 aliphatic heterocycles. The average Bonchev–Trinajstić information content (AvgIpc) is 3.06. The fourth-order valence-corrected chi connectivity index (χ4v) is 2.84. The summed E-state index contributed by atoms with van der Waals surface area (Å²) in [5.41, 5.74) is 8.30. The number of nitro groups is 1. The topological polar surface area (TPSA) is 94.0 Å². The van der Waals surface area contributed by atoms with Crippen LogP contribution >= 0.6 is 0 Å². The number of methoxy groups -OCH3 is 1. The van der Waals surface area contributed by atoms with E-state index in [9.17, 15) is 10.1 Å². The predicted octanol–water partition coefficient (Wildman–Crippen LogP) is 2.87. The molecular formula is C17H18N4O3. The second-order valence-corrected chi connectivity index (χ2v) is 5.46. The monoisotopic (exact) mass is 326 g/mol. The number of non-ortho nitro benzene ring substituents is 1. The Morgan fingerprint density at radius 1 is 1.33 bits per heavy atom. The Kier molecular flexibility index (Phi) is 4.43. The van der Waals surface area contributed by atoms with E-state index in [0.717, 1.165) is 17.0 Å². The van der Waals surface area contributed by atoms with Crippen molar-refractivity contribution >= 4 is 17.1 Å². The minimum atomic E-state index is -0.392. The first kappa shape index (κ1) is 15.9. The van der Waals surface area contributed by atoms with Gasteiger partial charge in [-0.25, -0.2) is 0 Å². The third-order valence-electron chi connectivity index (χ3n) is 4.01. The van der Waals surface area contributed by atoms with Gasteiger partial charge in [-0.1, -0.05) is 24.3 Å². The Morgan fingerprint density at radius 2 is 2.12 bits per heavy atom. The van der Waals surface area contributed by atoms with Crippen molar-refractivity contribution in [1.82, 2.24) is 0 Å². The van der Waals surface area contributed by atoms with Crippen LogP contribution in [0, 0.1) is 10.1 Å². The summed E-state index contributed by atoms with van der Waals surface area (Å²) >= 11 is 0. The quantitative estimate of drug-likeness (QED) is 0.673. The summed E-state index contributed by atoms with van der Waals surface area (Å²) in [6.07, 6.45) is 0.621. The predicted molar refractivity (Wildman–Crippen MR) is 92.4 cm³/mol. The van der Waals surface area contributed by atoms with Gasteiger partial charge in [0.25, 0.3) is 5.69 Å². The van der Waals surface area contributed by atoms with Crippen molar-refractivity contribution in [1.29, 1.82) is 0 Å². The Bertz CT molecular complexity index is 791. The van der Waals surface area contributed by atoms with Gasteiger partial charge in [0, 0.05) is 25.1 Å². The molecule has 3 rings (SSSR count). The SMILES string of the molecule is COc1ccccc1N1N=C(CN)CC1c1cccc([N+](=O)[O-])c1. The first-order valence-corrected chi connectivity index (χ1v) is 7.57. The molecule has 0 bridgehead atoms. The molecule has 1 aliphatic rings. The molecule has 0 aromatic heterocycles. The molecule has 0 spiro atoms. The normalized spacial score (nSPS) is 16.8. The number of para-hydroxylation sites is 2. The number of nitrogens with zero attached hydrogens (tertiary/aromatic N) is 3. The van der Waals surface area contributed by atoms with E-state index in [4.69, 9.17) is 10.5 Å². The average molecular weight is 326 g/mol. The van der Waals surface area contributed by atoms with E-state index in [1.165, 1.54) is 6.07 Å². The van der Waals surface area contributed by atoms with E-state index < -0.39 is 4.92 Å². The molecule has 0 radical (unpaired) electrons. The summed E-state index contributed by atoms with van der Waals surface area (Å²) in [7, 11) is 1.60. The zero-order valence-electron chi connectivity index (χ0n) is 13.3. The van der Waals surface area contributed by atoms with Crippen LogP contribution in [0.4, 0.5) is 11.4 Å². The van der Waals surface area contributed by atoms with Crippen LogP contribution in [0.3, 0.4) is 0 Å². The Labute approximate surface area is 139 Å². The second kappa shape index (κ2) is 6.67. The fourth-order valence-electron chi connectivity index (χ4n) is 2.84. The molecule has 2 N–H and O–H groups in total. The van der Waals surface area contributed by atoms with E-state index in [-0.39, 0.29) is 11.7 Å². The maximum atomic E-state index is 11.1. The van der Waals surface area contributed by atoms with E-state index in [1.54, 1.807) is 19.2 Å². The van der Waals surface area contributed by atoms with Crippen LogP contribution < -0.4 is 15.5 Å². The number of benzene rings is 2. The van der Waals surface area contributed by atoms with Crippen molar-refractivity contribution < 1.29 is 9.66 Å². The van der Waals surface area contributed by atoms with E-state index in [2.05, 4.69) is 5.10 Å². The van der Waals surface area contributed by atoms with Crippen LogP contribution in [-0.2, 0) is 0 Å². The summed E-state index contributed by atoms with van der Waals surface area (Å²) in [5.74, 6) is 0.690. The number of hydrogen-bond donors (Lipinski definition) is 1. The van der Waals surface area contributed by atoms with Gasteiger partial charge in [0.05, 0.1) is 23.8 Å². The lowest BCUT2D eigenvalue weighted by Gasteiger charge is -2.25. The minimum Gasteiger partial charge on any atom is -0.495 e. The summed E-state index contributed by atoms with van der Waals surface area (Å²) < 4.78 is 5.42. The molecule has 24 heavy (non-hydrogen) atoms. The zero-order chi connectivity index (χ0) is 17.1. The Hall–Kier alpha value is -2.93. The first-order valence-electron chi connectivity index (χ1n) is 7.57. The summed E-state index contributed by atoms with van der Waals surface area (Å²) in [6.45, 7) is 0.344. The number of rotatable bonds is 5. The van der Waals surface area contributed by atoms with Crippen LogP contribution in [0.25, 0.3) is 0 Å². The highest BCUT2D eigenvalue weighted by atomic mass is 16.6. The molecule has 0 saturated carbocycles. The lowest BCUT2D eigenvalue weighted by Crippen LogP contribution is -2.19. The molecular weight excluding hydrogens is 308 g/mol. The number of anilines is 1. The molecule has 2 aromatic rings. The molecule has 7 nitrogen and oxygen atoms in total. The maximum Gasteiger partial charge on any atom is 0.269 e. The molecule has 2 aromatic carbocycles. The third kappa shape index (κ3) is 2.93. The second-order valence-electron chi connectivity index (χ2n) is 5.46. The van der Waals surface area contributed by atoms with Crippen LogP contribution in [0.1, 0.15) is 18.0 Å². The van der Waals surface area contributed by atoms with Crippen molar-refractivity contribution in [3.8, 4) is 5.75 Å². The molecule has 0 amide bonds. The Balaban J connectivity index is 2.03. The lowest BCUT2D eigenvalue weighted by atomic mass is 10.0. The van der Waals surface area contributed by atoms with Gasteiger partial charge in [-0.05, 0) is 17.7 Å². The van der Waals surface area contributed by atoms with Gasteiger partial charge in [-0.15, -0.1) is 0 Å². The summed E-state index contributed by atoms with van der Waals surface area (Å²) in [4.78, 5) is 10.7. The van der Waals surface area contributed by atoms with Crippen LogP contribution in [0.5, 0.6) is 5.75 Å². The number of hydrogen-bond acceptors (Lipinski definition) is 6. The number of nitro benzene ring substituents is 1. The number of nitrogens with two attached hydrogens (primary N) is 1. The van der Waals surface area contributed by atoms with Crippen molar-refractivity contribution in [3.63, 3.8) is 0 Å². The largest absolute Gasteiger partial charge is 0.495 e. The van der Waals surface area contributed by atoms with Crippen LogP contribution in [0.2, 0.25) is 0 Å². The standard InChI is InChI=1S/C17H18N4O3/c1-24-17-8-3-2-7-15(17)20-16(10-13(11-18)19-20)12-5-4-6-14(9-12)21(22)23/h2-9,16H,10-11,18H2,1H3. The van der Waals surface area contributed by atoms with Gasteiger partial charge in [0.1, 0.15) is 11.4 Å². The van der Waals surface area contributed by atoms with Gasteiger partial charge in [0.15, 0.2) is 0 Å². The van der Waals surface area contributed by atoms with Gasteiger partial charge in [0.2, 0.25) is 0 Å². The van der Waals surface area contributed by atoms with Gasteiger partial charge < -0.3 is 10.5 Å². The third-order valence-corrected chi connectivity index (χ3v) is 4.01. The fraction of sp³-hybridized carbons (Fsp3) is 0.235. The van der Waals surface area contributed by atoms with Crippen LogP contribution in [0.15, 0.2) is 53.6 Å². The van der Waals surface area contributed by atoms with E-state index >= 15 is 0 Å². The Morgan fingerprint density at radius 3 is 2.83 bits per heavy atom. The first-order chi connectivity index (χ1) is 11.6. The number of hydrazone groups is 1. The summed E-state index contributed by atoms with van der Waals surface area (Å²) in [5, 5.41) is 17.5. The highest BCUT2D eigenvalue weighted by Gasteiger charge is 2.31. The van der Waals surface area contributed by atoms with E-state index in [0.29, 0.717) is 18.7 Å². The smallest absolute Gasteiger partial charge is 0.269 e. The van der Waals surface area contributed by atoms with Crippen LogP contribution in [-0.4, -0.2) is 24.3 Å². The minimum absolute atomic E-state index is 0.0636. The van der Waals surface area contributed by atoms with Crippen molar-refractivity contribution in [2.45, 2.75) is 12.5 Å². The molecule has 1 unspecified atom stereocenters. The maximum absolute atomic E-state index is 11.1. The highest BCUT2D eigenvalue weighted by Crippen LogP contribution is 2.40. The van der Waals surface area contributed by atoms with Crippen molar-refractivity contribution in [3.05, 3.63) is 64.2 Å². The van der Waals surface area contributed by atoms with Gasteiger partial charge in [-0.2, -0.15) is 5.10 Å². The van der Waals surface area contributed by atoms with Gasteiger partial charge >= 0.3 is 0 Å². The van der Waals surface area contributed by atoms with Crippen molar-refractivity contribution in [2.75, 3.05) is 18.7 Å². The molecule has 1 atom stereocenters.